The largest absolute Gasteiger partial charge is 0.510 e. The van der Waals surface area contributed by atoms with Crippen LogP contribution >= 0.6 is 11.6 Å². The Morgan fingerprint density at radius 1 is 1.50 bits per heavy atom. The quantitative estimate of drug-likeness (QED) is 0.518. The average molecular weight is 327 g/mol. The monoisotopic (exact) mass is 326 g/mol. The first-order valence-electron chi connectivity index (χ1n) is 7.77. The molecule has 2 atom stereocenters. The predicted octanol–water partition coefficient (Wildman–Crippen LogP) is 4.59. The van der Waals surface area contributed by atoms with E-state index in [1.165, 1.54) is 5.56 Å². The Balaban J connectivity index is 1.69. The summed E-state index contributed by atoms with van der Waals surface area (Å²) in [5.74, 6) is -0.335. The Labute approximate surface area is 136 Å². The highest BCUT2D eigenvalue weighted by Gasteiger charge is 2.50. The van der Waals surface area contributed by atoms with Crippen molar-refractivity contribution in [2.24, 2.45) is 5.92 Å². The van der Waals surface area contributed by atoms with Crippen molar-refractivity contribution in [3.8, 4) is 0 Å². The molecule has 0 N–H and O–H groups in total. The molecule has 0 aromatic heterocycles. The third-order valence-corrected chi connectivity index (χ3v) is 3.94. The van der Waals surface area contributed by atoms with Gasteiger partial charge in [-0.25, -0.2) is 4.79 Å². The molecule has 1 heterocycles. The molecule has 0 spiro atoms. The molecule has 122 valence electrons. The molecule has 0 amide bonds. The van der Waals surface area contributed by atoms with Crippen molar-refractivity contribution in [1.82, 2.24) is 0 Å². The van der Waals surface area contributed by atoms with Crippen molar-refractivity contribution < 1.29 is 19.0 Å². The van der Waals surface area contributed by atoms with Gasteiger partial charge in [0.15, 0.2) is 0 Å². The number of halogens is 1. The Kier molecular flexibility index (Phi) is 6.09. The van der Waals surface area contributed by atoms with E-state index in [4.69, 9.17) is 25.8 Å². The lowest BCUT2D eigenvalue weighted by atomic mass is 9.96. The molecule has 2 rings (SSSR count). The van der Waals surface area contributed by atoms with Gasteiger partial charge in [0.2, 0.25) is 5.79 Å². The molecule has 1 saturated heterocycles. The number of benzene rings is 1. The molecule has 1 aromatic rings. The van der Waals surface area contributed by atoms with Gasteiger partial charge in [0.05, 0.1) is 6.61 Å². The minimum atomic E-state index is -0.748. The smallest absolute Gasteiger partial charge is 0.435 e. The van der Waals surface area contributed by atoms with Crippen LogP contribution in [-0.2, 0) is 20.6 Å². The van der Waals surface area contributed by atoms with Crippen molar-refractivity contribution in [1.29, 1.82) is 0 Å². The summed E-state index contributed by atoms with van der Waals surface area (Å²) >= 11 is 5.98. The molecule has 1 fully saturated rings. The lowest BCUT2D eigenvalue weighted by Gasteiger charge is -2.17. The van der Waals surface area contributed by atoms with Gasteiger partial charge in [-0.2, -0.15) is 0 Å². The molecule has 22 heavy (non-hydrogen) atoms. The summed E-state index contributed by atoms with van der Waals surface area (Å²) in [5.41, 5.74) is 1.25. The number of epoxide rings is 1. The number of hydrogen-bond donors (Lipinski definition) is 0. The fraction of sp³-hybridized carbons (Fsp3) is 0.588. The molecule has 2 unspecified atom stereocenters. The summed E-state index contributed by atoms with van der Waals surface area (Å²) in [5, 5.41) is 0.777. The SMILES string of the molecule is CCOC(=O)OC1(CC(C)CCCc2cccc(Cl)c2)CO1. The summed E-state index contributed by atoms with van der Waals surface area (Å²) in [6.07, 6.45) is 3.17. The molecule has 1 aromatic carbocycles. The van der Waals surface area contributed by atoms with Crippen molar-refractivity contribution in [2.45, 2.75) is 45.3 Å². The Hall–Kier alpha value is -1.26. The molecular formula is C17H23ClO4. The van der Waals surface area contributed by atoms with E-state index in [1.807, 2.05) is 18.2 Å². The van der Waals surface area contributed by atoms with Gasteiger partial charge in [0.25, 0.3) is 0 Å². The standard InChI is InChI=1S/C17H23ClO4/c1-3-20-16(19)22-17(12-21-17)11-13(2)6-4-7-14-8-5-9-15(18)10-14/h5,8-10,13H,3-4,6-7,11-12H2,1-2H3. The summed E-state index contributed by atoms with van der Waals surface area (Å²) in [6, 6.07) is 7.95. The molecule has 4 nitrogen and oxygen atoms in total. The highest BCUT2D eigenvalue weighted by Crippen LogP contribution is 2.37. The third-order valence-electron chi connectivity index (χ3n) is 3.71. The summed E-state index contributed by atoms with van der Waals surface area (Å²) in [6.45, 7) is 4.67. The zero-order chi connectivity index (χ0) is 16.0. The van der Waals surface area contributed by atoms with Crippen LogP contribution in [0, 0.1) is 5.92 Å². The number of carbonyl (C=O) groups is 1. The maximum Gasteiger partial charge on any atom is 0.510 e. The van der Waals surface area contributed by atoms with Crippen LogP contribution in [0.15, 0.2) is 24.3 Å². The second-order valence-electron chi connectivity index (χ2n) is 5.82. The fourth-order valence-corrected chi connectivity index (χ4v) is 2.79. The Morgan fingerprint density at radius 2 is 2.27 bits per heavy atom. The van der Waals surface area contributed by atoms with Gasteiger partial charge < -0.3 is 14.2 Å². The molecule has 0 aliphatic carbocycles. The van der Waals surface area contributed by atoms with Crippen LogP contribution < -0.4 is 0 Å². The van der Waals surface area contributed by atoms with E-state index in [0.717, 1.165) is 24.3 Å². The van der Waals surface area contributed by atoms with Gasteiger partial charge >= 0.3 is 6.16 Å². The Bertz CT molecular complexity index is 499. The fourth-order valence-electron chi connectivity index (χ4n) is 2.58. The van der Waals surface area contributed by atoms with Crippen molar-refractivity contribution in [2.75, 3.05) is 13.2 Å². The normalized spacial score (nSPS) is 21.2. The molecular weight excluding hydrogens is 304 g/mol. The highest BCUT2D eigenvalue weighted by atomic mass is 35.5. The van der Waals surface area contributed by atoms with E-state index in [-0.39, 0.29) is 0 Å². The zero-order valence-electron chi connectivity index (χ0n) is 13.1. The maximum absolute atomic E-state index is 11.4. The maximum atomic E-state index is 11.4. The van der Waals surface area contributed by atoms with Gasteiger partial charge in [-0.05, 0) is 43.4 Å². The van der Waals surface area contributed by atoms with Crippen LogP contribution in [0.25, 0.3) is 0 Å². The lowest BCUT2D eigenvalue weighted by molar-refractivity contribution is -0.0441. The molecule has 0 bridgehead atoms. The van der Waals surface area contributed by atoms with Crippen LogP contribution in [0.3, 0.4) is 0 Å². The van der Waals surface area contributed by atoms with Gasteiger partial charge in [-0.1, -0.05) is 37.1 Å². The van der Waals surface area contributed by atoms with Crippen molar-refractivity contribution >= 4 is 17.8 Å². The molecule has 0 radical (unpaired) electrons. The topological polar surface area (TPSA) is 48.1 Å². The van der Waals surface area contributed by atoms with E-state index in [1.54, 1.807) is 6.92 Å². The number of ether oxygens (including phenoxy) is 3. The van der Waals surface area contributed by atoms with Crippen LogP contribution in [0.1, 0.15) is 38.7 Å². The van der Waals surface area contributed by atoms with Crippen molar-refractivity contribution in [3.05, 3.63) is 34.9 Å². The van der Waals surface area contributed by atoms with E-state index < -0.39 is 11.9 Å². The average Bonchev–Trinajstić information content (AvgIpc) is 3.18. The summed E-state index contributed by atoms with van der Waals surface area (Å²) < 4.78 is 15.4. The van der Waals surface area contributed by atoms with E-state index in [0.29, 0.717) is 25.6 Å². The number of carbonyl (C=O) groups excluding carboxylic acids is 1. The van der Waals surface area contributed by atoms with Crippen LogP contribution in [0.2, 0.25) is 5.02 Å². The second kappa shape index (κ2) is 7.84. The van der Waals surface area contributed by atoms with Gasteiger partial charge in [0.1, 0.15) is 6.61 Å². The second-order valence-corrected chi connectivity index (χ2v) is 6.25. The first-order chi connectivity index (χ1) is 10.5. The summed E-state index contributed by atoms with van der Waals surface area (Å²) in [4.78, 5) is 11.4. The van der Waals surface area contributed by atoms with Gasteiger partial charge in [-0.3, -0.25) is 0 Å². The molecule has 1 aliphatic rings. The summed E-state index contributed by atoms with van der Waals surface area (Å²) in [7, 11) is 0. The van der Waals surface area contributed by atoms with Crippen LogP contribution in [0.5, 0.6) is 0 Å². The minimum absolute atomic E-state index is 0.310. The first kappa shape index (κ1) is 17.1. The van der Waals surface area contributed by atoms with Crippen molar-refractivity contribution in [3.63, 3.8) is 0 Å². The van der Waals surface area contributed by atoms with Gasteiger partial charge in [-0.15, -0.1) is 0 Å². The number of aryl methyl sites for hydroxylation is 1. The van der Waals surface area contributed by atoms with Crippen LogP contribution in [-0.4, -0.2) is 25.2 Å². The third kappa shape index (κ3) is 5.50. The van der Waals surface area contributed by atoms with E-state index in [9.17, 15) is 4.79 Å². The lowest BCUT2D eigenvalue weighted by Crippen LogP contribution is -2.24. The zero-order valence-corrected chi connectivity index (χ0v) is 13.9. The molecule has 5 heteroatoms. The highest BCUT2D eigenvalue weighted by molar-refractivity contribution is 6.30. The predicted molar refractivity (Wildman–Crippen MR) is 85.0 cm³/mol. The number of hydrogen-bond acceptors (Lipinski definition) is 4. The van der Waals surface area contributed by atoms with E-state index in [2.05, 4.69) is 13.0 Å². The first-order valence-corrected chi connectivity index (χ1v) is 8.15. The Morgan fingerprint density at radius 3 is 2.91 bits per heavy atom. The molecule has 0 saturated carbocycles. The number of rotatable bonds is 8. The van der Waals surface area contributed by atoms with E-state index >= 15 is 0 Å². The van der Waals surface area contributed by atoms with Gasteiger partial charge in [0, 0.05) is 11.4 Å². The minimum Gasteiger partial charge on any atom is -0.435 e. The van der Waals surface area contributed by atoms with Crippen LogP contribution in [0.4, 0.5) is 4.79 Å². The molecule has 1 aliphatic heterocycles.